The van der Waals surface area contributed by atoms with E-state index in [0.717, 1.165) is 51.1 Å². The predicted octanol–water partition coefficient (Wildman–Crippen LogP) is 2.15. The van der Waals surface area contributed by atoms with Gasteiger partial charge in [0.15, 0.2) is 0 Å². The Hall–Kier alpha value is -1.30. The SMILES string of the molecule is Cl.O=C(NC1CCCNC1)c1cccc(OCC2CCCO2)c1. The summed E-state index contributed by atoms with van der Waals surface area (Å²) in [7, 11) is 0. The molecule has 23 heavy (non-hydrogen) atoms. The lowest BCUT2D eigenvalue weighted by Gasteiger charge is -2.23. The summed E-state index contributed by atoms with van der Waals surface area (Å²) in [5.74, 6) is 0.696. The molecule has 0 spiro atoms. The number of ether oxygens (including phenoxy) is 2. The minimum atomic E-state index is -0.0312. The van der Waals surface area contributed by atoms with Crippen molar-refractivity contribution in [2.24, 2.45) is 0 Å². The third-order valence-corrected chi connectivity index (χ3v) is 4.19. The maximum absolute atomic E-state index is 12.3. The van der Waals surface area contributed by atoms with Crippen molar-refractivity contribution in [1.82, 2.24) is 10.6 Å². The lowest BCUT2D eigenvalue weighted by molar-refractivity contribution is 0.0679. The first-order chi connectivity index (χ1) is 10.8. The van der Waals surface area contributed by atoms with Crippen LogP contribution in [0.1, 0.15) is 36.0 Å². The third-order valence-electron chi connectivity index (χ3n) is 4.19. The number of nitrogens with one attached hydrogen (secondary N) is 2. The fraction of sp³-hybridized carbons (Fsp3) is 0.588. The number of carbonyl (C=O) groups is 1. The zero-order valence-electron chi connectivity index (χ0n) is 13.3. The van der Waals surface area contributed by atoms with Crippen molar-refractivity contribution < 1.29 is 14.3 Å². The number of amides is 1. The Morgan fingerprint density at radius 2 is 2.26 bits per heavy atom. The first kappa shape index (κ1) is 18.0. The van der Waals surface area contributed by atoms with Crippen LogP contribution in [0.25, 0.3) is 0 Å². The number of hydrogen-bond acceptors (Lipinski definition) is 4. The van der Waals surface area contributed by atoms with Gasteiger partial charge in [-0.3, -0.25) is 4.79 Å². The van der Waals surface area contributed by atoms with E-state index >= 15 is 0 Å². The van der Waals surface area contributed by atoms with Crippen molar-refractivity contribution in [2.75, 3.05) is 26.3 Å². The molecule has 1 aromatic rings. The van der Waals surface area contributed by atoms with Gasteiger partial charge < -0.3 is 20.1 Å². The Morgan fingerprint density at radius 1 is 1.35 bits per heavy atom. The molecule has 0 saturated carbocycles. The second-order valence-corrected chi connectivity index (χ2v) is 5.99. The highest BCUT2D eigenvalue weighted by Gasteiger charge is 2.18. The molecule has 3 rings (SSSR count). The van der Waals surface area contributed by atoms with Gasteiger partial charge in [0, 0.05) is 24.8 Å². The number of carbonyl (C=O) groups excluding carboxylic acids is 1. The molecule has 6 heteroatoms. The molecule has 2 N–H and O–H groups in total. The predicted molar refractivity (Wildman–Crippen MR) is 91.5 cm³/mol. The Kier molecular flexibility index (Phi) is 7.15. The molecule has 1 amide bonds. The summed E-state index contributed by atoms with van der Waals surface area (Å²) in [5.41, 5.74) is 0.649. The van der Waals surface area contributed by atoms with Crippen molar-refractivity contribution in [2.45, 2.75) is 37.8 Å². The quantitative estimate of drug-likeness (QED) is 0.862. The molecule has 2 heterocycles. The maximum atomic E-state index is 12.3. The summed E-state index contributed by atoms with van der Waals surface area (Å²) in [5, 5.41) is 6.38. The smallest absolute Gasteiger partial charge is 0.251 e. The van der Waals surface area contributed by atoms with Crippen LogP contribution in [-0.4, -0.2) is 44.4 Å². The van der Waals surface area contributed by atoms with E-state index in [1.807, 2.05) is 18.2 Å². The van der Waals surface area contributed by atoms with E-state index in [1.165, 1.54) is 0 Å². The lowest BCUT2D eigenvalue weighted by Crippen LogP contribution is -2.45. The van der Waals surface area contributed by atoms with Crippen LogP contribution in [0, 0.1) is 0 Å². The summed E-state index contributed by atoms with van der Waals surface area (Å²) in [4.78, 5) is 12.3. The fourth-order valence-corrected chi connectivity index (χ4v) is 2.94. The summed E-state index contributed by atoms with van der Waals surface area (Å²) < 4.78 is 11.3. The standard InChI is InChI=1S/C17H24N2O3.ClH/c20-17(19-14-5-2-8-18-11-14)13-4-1-6-15(10-13)22-12-16-7-3-9-21-16;/h1,4,6,10,14,16,18H,2-3,5,7-9,11-12H2,(H,19,20);1H. The van der Waals surface area contributed by atoms with Gasteiger partial charge in [-0.1, -0.05) is 6.07 Å². The molecule has 5 nitrogen and oxygen atoms in total. The van der Waals surface area contributed by atoms with Gasteiger partial charge in [0.25, 0.3) is 5.91 Å². The average Bonchev–Trinajstić information content (AvgIpc) is 3.08. The van der Waals surface area contributed by atoms with Crippen molar-refractivity contribution in [1.29, 1.82) is 0 Å². The molecule has 2 saturated heterocycles. The maximum Gasteiger partial charge on any atom is 0.251 e. The Labute approximate surface area is 143 Å². The molecule has 0 bridgehead atoms. The third kappa shape index (κ3) is 5.37. The molecule has 2 atom stereocenters. The zero-order valence-corrected chi connectivity index (χ0v) is 14.1. The molecule has 2 unspecified atom stereocenters. The second kappa shape index (κ2) is 9.11. The minimum Gasteiger partial charge on any atom is -0.491 e. The number of benzene rings is 1. The van der Waals surface area contributed by atoms with Crippen molar-refractivity contribution in [3.8, 4) is 5.75 Å². The Morgan fingerprint density at radius 3 is 3.00 bits per heavy atom. The summed E-state index contributed by atoms with van der Waals surface area (Å²) >= 11 is 0. The van der Waals surface area contributed by atoms with Gasteiger partial charge >= 0.3 is 0 Å². The number of rotatable bonds is 5. The normalized spacial score (nSPS) is 23.8. The summed E-state index contributed by atoms with van der Waals surface area (Å²) in [6.07, 6.45) is 4.48. The highest BCUT2D eigenvalue weighted by atomic mass is 35.5. The zero-order chi connectivity index (χ0) is 15.2. The molecule has 0 aromatic heterocycles. The fourth-order valence-electron chi connectivity index (χ4n) is 2.94. The Balaban J connectivity index is 0.00000192. The van der Waals surface area contributed by atoms with Crippen LogP contribution in [-0.2, 0) is 4.74 Å². The molecule has 128 valence electrons. The molecule has 0 radical (unpaired) electrons. The minimum absolute atomic E-state index is 0. The van der Waals surface area contributed by atoms with Crippen LogP contribution >= 0.6 is 12.4 Å². The van der Waals surface area contributed by atoms with Crippen molar-refractivity contribution >= 4 is 18.3 Å². The Bertz CT molecular complexity index is 500. The number of hydrogen-bond donors (Lipinski definition) is 2. The van der Waals surface area contributed by atoms with Crippen LogP contribution in [0.15, 0.2) is 24.3 Å². The van der Waals surface area contributed by atoms with E-state index in [0.29, 0.717) is 12.2 Å². The molecule has 2 aliphatic rings. The van der Waals surface area contributed by atoms with Crippen molar-refractivity contribution in [3.05, 3.63) is 29.8 Å². The average molecular weight is 341 g/mol. The molecular formula is C17H25ClN2O3. The van der Waals surface area contributed by atoms with Crippen LogP contribution in [0.4, 0.5) is 0 Å². The highest BCUT2D eigenvalue weighted by Crippen LogP contribution is 2.17. The van der Waals surface area contributed by atoms with Crippen LogP contribution in [0.2, 0.25) is 0 Å². The van der Waals surface area contributed by atoms with E-state index in [9.17, 15) is 4.79 Å². The topological polar surface area (TPSA) is 59.6 Å². The first-order valence-corrected chi connectivity index (χ1v) is 8.17. The monoisotopic (exact) mass is 340 g/mol. The summed E-state index contributed by atoms with van der Waals surface area (Å²) in [6, 6.07) is 7.59. The van der Waals surface area contributed by atoms with E-state index in [-0.39, 0.29) is 30.5 Å². The van der Waals surface area contributed by atoms with Crippen LogP contribution in [0.3, 0.4) is 0 Å². The molecule has 2 fully saturated rings. The van der Waals surface area contributed by atoms with Gasteiger partial charge in [-0.25, -0.2) is 0 Å². The molecular weight excluding hydrogens is 316 g/mol. The first-order valence-electron chi connectivity index (χ1n) is 8.17. The van der Waals surface area contributed by atoms with Gasteiger partial charge in [-0.15, -0.1) is 12.4 Å². The van der Waals surface area contributed by atoms with E-state index < -0.39 is 0 Å². The van der Waals surface area contributed by atoms with Crippen LogP contribution < -0.4 is 15.4 Å². The van der Waals surface area contributed by atoms with Gasteiger partial charge in [0.1, 0.15) is 12.4 Å². The van der Waals surface area contributed by atoms with Crippen molar-refractivity contribution in [3.63, 3.8) is 0 Å². The number of piperidine rings is 1. The van der Waals surface area contributed by atoms with Gasteiger partial charge in [0.2, 0.25) is 0 Å². The highest BCUT2D eigenvalue weighted by molar-refractivity contribution is 5.94. The molecule has 1 aromatic carbocycles. The van der Waals surface area contributed by atoms with E-state index in [4.69, 9.17) is 9.47 Å². The molecule has 0 aliphatic carbocycles. The summed E-state index contributed by atoms with van der Waals surface area (Å²) in [6.45, 7) is 3.27. The second-order valence-electron chi connectivity index (χ2n) is 5.99. The molecule has 2 aliphatic heterocycles. The number of halogens is 1. The largest absolute Gasteiger partial charge is 0.491 e. The van der Waals surface area contributed by atoms with Gasteiger partial charge in [0.05, 0.1) is 6.10 Å². The van der Waals surface area contributed by atoms with Gasteiger partial charge in [-0.2, -0.15) is 0 Å². The van der Waals surface area contributed by atoms with Crippen LogP contribution in [0.5, 0.6) is 5.75 Å². The lowest BCUT2D eigenvalue weighted by atomic mass is 10.1. The van der Waals surface area contributed by atoms with Gasteiger partial charge in [-0.05, 0) is 50.4 Å². The van der Waals surface area contributed by atoms with E-state index in [1.54, 1.807) is 6.07 Å². The van der Waals surface area contributed by atoms with E-state index in [2.05, 4.69) is 10.6 Å².